The Morgan fingerprint density at radius 3 is 2.44 bits per heavy atom. The molecule has 34 heavy (non-hydrogen) atoms. The van der Waals surface area contributed by atoms with Crippen molar-refractivity contribution < 1.29 is 17.9 Å². The quantitative estimate of drug-likeness (QED) is 0.580. The van der Waals surface area contributed by atoms with E-state index in [-0.39, 0.29) is 10.8 Å². The molecule has 3 aromatic rings. The number of amides is 1. The molecule has 9 nitrogen and oxygen atoms in total. The highest BCUT2D eigenvalue weighted by atomic mass is 32.2. The van der Waals surface area contributed by atoms with Gasteiger partial charge < -0.3 is 14.5 Å². The van der Waals surface area contributed by atoms with Crippen LogP contribution in [-0.2, 0) is 10.0 Å². The van der Waals surface area contributed by atoms with Crippen molar-refractivity contribution in [1.82, 2.24) is 9.88 Å². The van der Waals surface area contributed by atoms with E-state index in [0.717, 1.165) is 0 Å². The van der Waals surface area contributed by atoms with Gasteiger partial charge in [0.2, 0.25) is 0 Å². The van der Waals surface area contributed by atoms with Crippen molar-refractivity contribution in [2.24, 2.45) is 0 Å². The predicted octanol–water partition coefficient (Wildman–Crippen LogP) is 2.73. The maximum absolute atomic E-state index is 12.9. The number of benzene rings is 2. The molecule has 1 N–H and O–H groups in total. The lowest BCUT2D eigenvalue weighted by atomic mass is 10.2. The number of carbonyl (C=O) groups is 1. The SMILES string of the molecule is COc1ccccc1NS(=O)(=O)c1ccc(C(=O)N2CCN(c3cc(C#N)ccn3)CC2)cc1. The molecular formula is C24H23N5O4S. The number of anilines is 2. The first-order valence-electron chi connectivity index (χ1n) is 10.6. The van der Waals surface area contributed by atoms with Gasteiger partial charge in [-0.05, 0) is 48.5 Å². The van der Waals surface area contributed by atoms with Gasteiger partial charge in [0.15, 0.2) is 0 Å². The number of pyridine rings is 1. The molecular weight excluding hydrogens is 454 g/mol. The smallest absolute Gasteiger partial charge is 0.262 e. The van der Waals surface area contributed by atoms with Crippen LogP contribution in [0.4, 0.5) is 11.5 Å². The molecule has 1 saturated heterocycles. The molecule has 174 valence electrons. The first-order chi connectivity index (χ1) is 16.4. The van der Waals surface area contributed by atoms with Gasteiger partial charge in [-0.2, -0.15) is 5.26 Å². The zero-order valence-corrected chi connectivity index (χ0v) is 19.3. The van der Waals surface area contributed by atoms with Gasteiger partial charge >= 0.3 is 0 Å². The molecule has 1 aromatic heterocycles. The van der Waals surface area contributed by atoms with Crippen LogP contribution >= 0.6 is 0 Å². The Morgan fingerprint density at radius 2 is 1.76 bits per heavy atom. The third-order valence-corrected chi connectivity index (χ3v) is 6.91. The van der Waals surface area contributed by atoms with Crippen molar-refractivity contribution in [3.05, 3.63) is 78.0 Å². The second-order valence-electron chi connectivity index (χ2n) is 7.62. The van der Waals surface area contributed by atoms with Gasteiger partial charge in [-0.3, -0.25) is 9.52 Å². The maximum Gasteiger partial charge on any atom is 0.262 e. The summed E-state index contributed by atoms with van der Waals surface area (Å²) in [6.07, 6.45) is 1.60. The summed E-state index contributed by atoms with van der Waals surface area (Å²) in [7, 11) is -2.38. The summed E-state index contributed by atoms with van der Waals surface area (Å²) >= 11 is 0. The van der Waals surface area contributed by atoms with Gasteiger partial charge in [0, 0.05) is 37.9 Å². The van der Waals surface area contributed by atoms with Gasteiger partial charge in [0.05, 0.1) is 29.3 Å². The maximum atomic E-state index is 12.9. The molecule has 4 rings (SSSR count). The normalized spacial score (nSPS) is 13.8. The lowest BCUT2D eigenvalue weighted by Crippen LogP contribution is -2.49. The minimum absolute atomic E-state index is 0.0447. The van der Waals surface area contributed by atoms with Crippen LogP contribution in [0.5, 0.6) is 5.75 Å². The van der Waals surface area contributed by atoms with E-state index in [0.29, 0.717) is 54.6 Å². The van der Waals surface area contributed by atoms with Gasteiger partial charge in [0.1, 0.15) is 11.6 Å². The molecule has 0 unspecified atom stereocenters. The number of nitrogens with one attached hydrogen (secondary N) is 1. The number of hydrogen-bond donors (Lipinski definition) is 1. The highest BCUT2D eigenvalue weighted by Gasteiger charge is 2.24. The Morgan fingerprint density at radius 1 is 1.06 bits per heavy atom. The Labute approximate surface area is 198 Å². The zero-order chi connectivity index (χ0) is 24.1. The molecule has 1 aliphatic rings. The molecule has 2 aromatic carbocycles. The van der Waals surface area contributed by atoms with E-state index >= 15 is 0 Å². The van der Waals surface area contributed by atoms with Crippen LogP contribution in [0.2, 0.25) is 0 Å². The number of rotatable bonds is 6. The standard InChI is InChI=1S/C24H23N5O4S/c1-33-22-5-3-2-4-21(22)27-34(31,32)20-8-6-19(7-9-20)24(30)29-14-12-28(13-15-29)23-16-18(17-25)10-11-26-23/h2-11,16,27H,12-15H2,1H3. The molecule has 0 atom stereocenters. The van der Waals surface area contributed by atoms with E-state index in [4.69, 9.17) is 10.00 Å². The number of piperazine rings is 1. The number of ether oxygens (including phenoxy) is 1. The first-order valence-corrected chi connectivity index (χ1v) is 12.1. The third kappa shape index (κ3) is 4.94. The minimum Gasteiger partial charge on any atom is -0.495 e. The predicted molar refractivity (Wildman–Crippen MR) is 127 cm³/mol. The number of sulfonamides is 1. The zero-order valence-electron chi connectivity index (χ0n) is 18.5. The van der Waals surface area contributed by atoms with E-state index < -0.39 is 10.0 Å². The van der Waals surface area contributed by atoms with Crippen molar-refractivity contribution in [1.29, 1.82) is 5.26 Å². The summed E-state index contributed by atoms with van der Waals surface area (Å²) in [6, 6.07) is 18.1. The number of nitriles is 1. The van der Waals surface area contributed by atoms with Crippen LogP contribution in [0.25, 0.3) is 0 Å². The van der Waals surface area contributed by atoms with Crippen LogP contribution in [0.15, 0.2) is 71.8 Å². The van der Waals surface area contributed by atoms with Crippen LogP contribution in [-0.4, -0.2) is 57.5 Å². The molecule has 0 radical (unpaired) electrons. The van der Waals surface area contributed by atoms with Gasteiger partial charge in [-0.15, -0.1) is 0 Å². The minimum atomic E-state index is -3.85. The highest BCUT2D eigenvalue weighted by molar-refractivity contribution is 7.92. The molecule has 1 fully saturated rings. The van der Waals surface area contributed by atoms with Crippen LogP contribution < -0.4 is 14.4 Å². The van der Waals surface area contributed by atoms with E-state index in [1.54, 1.807) is 47.5 Å². The monoisotopic (exact) mass is 477 g/mol. The fourth-order valence-corrected chi connectivity index (χ4v) is 4.76. The third-order valence-electron chi connectivity index (χ3n) is 5.53. The number of hydrogen-bond acceptors (Lipinski definition) is 7. The summed E-state index contributed by atoms with van der Waals surface area (Å²) in [5.41, 5.74) is 1.28. The Balaban J connectivity index is 1.41. The van der Waals surface area contributed by atoms with Crippen LogP contribution in [0, 0.1) is 11.3 Å². The largest absolute Gasteiger partial charge is 0.495 e. The van der Waals surface area contributed by atoms with E-state index in [1.165, 1.54) is 31.4 Å². The van der Waals surface area contributed by atoms with Crippen molar-refractivity contribution in [3.63, 3.8) is 0 Å². The first kappa shape index (κ1) is 23.1. The van der Waals surface area contributed by atoms with Gasteiger partial charge in [-0.25, -0.2) is 13.4 Å². The summed E-state index contributed by atoms with van der Waals surface area (Å²) in [4.78, 5) is 21.1. The van der Waals surface area contributed by atoms with Crippen molar-refractivity contribution >= 4 is 27.4 Å². The lowest BCUT2D eigenvalue weighted by molar-refractivity contribution is 0.0746. The number of methoxy groups -OCH3 is 1. The summed E-state index contributed by atoms with van der Waals surface area (Å²) in [6.45, 7) is 2.16. The fraction of sp³-hybridized carbons (Fsp3) is 0.208. The summed E-state index contributed by atoms with van der Waals surface area (Å²) < 4.78 is 33.3. The van der Waals surface area contributed by atoms with Crippen molar-refractivity contribution in [2.45, 2.75) is 4.90 Å². The molecule has 1 aliphatic heterocycles. The van der Waals surface area contributed by atoms with Crippen LogP contribution in [0.1, 0.15) is 15.9 Å². The molecule has 0 saturated carbocycles. The topological polar surface area (TPSA) is 116 Å². The average Bonchev–Trinajstić information content (AvgIpc) is 2.88. The molecule has 2 heterocycles. The van der Waals surface area contributed by atoms with E-state index in [9.17, 15) is 13.2 Å². The molecule has 10 heteroatoms. The highest BCUT2D eigenvalue weighted by Crippen LogP contribution is 2.26. The molecule has 0 spiro atoms. The molecule has 1 amide bonds. The lowest BCUT2D eigenvalue weighted by Gasteiger charge is -2.35. The second-order valence-corrected chi connectivity index (χ2v) is 9.31. The van der Waals surface area contributed by atoms with Crippen molar-refractivity contribution in [2.75, 3.05) is 42.9 Å². The van der Waals surface area contributed by atoms with Gasteiger partial charge in [0.25, 0.3) is 15.9 Å². The Kier molecular flexibility index (Phi) is 6.65. The average molecular weight is 478 g/mol. The van der Waals surface area contributed by atoms with E-state index in [2.05, 4.69) is 15.8 Å². The van der Waals surface area contributed by atoms with Gasteiger partial charge in [-0.1, -0.05) is 12.1 Å². The van der Waals surface area contributed by atoms with Crippen LogP contribution in [0.3, 0.4) is 0 Å². The number of carbonyl (C=O) groups excluding carboxylic acids is 1. The molecule has 0 aliphatic carbocycles. The summed E-state index contributed by atoms with van der Waals surface area (Å²) in [5.74, 6) is 0.954. The number of nitrogens with zero attached hydrogens (tertiary/aromatic N) is 4. The number of aromatic nitrogens is 1. The number of para-hydroxylation sites is 2. The summed E-state index contributed by atoms with van der Waals surface area (Å²) in [5, 5.41) is 9.07. The van der Waals surface area contributed by atoms with E-state index in [1.807, 2.05) is 4.90 Å². The Bertz CT molecular complexity index is 1330. The Hall–Kier alpha value is -4.10. The fourth-order valence-electron chi connectivity index (χ4n) is 3.69. The molecule has 0 bridgehead atoms. The second kappa shape index (κ2) is 9.80. The van der Waals surface area contributed by atoms with Crippen molar-refractivity contribution in [3.8, 4) is 11.8 Å².